The molecule has 1 amide bonds. The van der Waals surface area contributed by atoms with Crippen LogP contribution in [0, 0.1) is 18.6 Å². The maximum absolute atomic E-state index is 13.4. The van der Waals surface area contributed by atoms with Crippen LogP contribution in [0.1, 0.15) is 28.4 Å². The molecule has 1 atom stereocenters. The van der Waals surface area contributed by atoms with Gasteiger partial charge in [-0.05, 0) is 49.2 Å². The van der Waals surface area contributed by atoms with Gasteiger partial charge < -0.3 is 10.4 Å². The first-order valence-electron chi connectivity index (χ1n) is 6.93. The lowest BCUT2D eigenvalue weighted by molar-refractivity contribution is 0.0526. The third kappa shape index (κ3) is 4.06. The van der Waals surface area contributed by atoms with Gasteiger partial charge in [-0.1, -0.05) is 23.7 Å². The van der Waals surface area contributed by atoms with Crippen molar-refractivity contribution in [1.29, 1.82) is 0 Å². The van der Waals surface area contributed by atoms with Gasteiger partial charge in [0.2, 0.25) is 0 Å². The number of hydrogen-bond acceptors (Lipinski definition) is 2. The molecule has 122 valence electrons. The normalized spacial score (nSPS) is 13.5. The van der Waals surface area contributed by atoms with E-state index in [9.17, 15) is 18.7 Å². The van der Waals surface area contributed by atoms with Crippen molar-refractivity contribution in [3.05, 3.63) is 69.7 Å². The highest BCUT2D eigenvalue weighted by molar-refractivity contribution is 6.33. The highest BCUT2D eigenvalue weighted by atomic mass is 35.5. The van der Waals surface area contributed by atoms with Crippen LogP contribution < -0.4 is 5.32 Å². The number of aryl methyl sites for hydroxylation is 1. The molecule has 2 N–H and O–H groups in total. The Morgan fingerprint density at radius 1 is 1.26 bits per heavy atom. The fourth-order valence-electron chi connectivity index (χ4n) is 2.09. The molecule has 2 aromatic rings. The van der Waals surface area contributed by atoms with E-state index in [4.69, 9.17) is 11.6 Å². The lowest BCUT2D eigenvalue weighted by Crippen LogP contribution is -2.38. The minimum absolute atomic E-state index is 0.00738. The second-order valence-electron chi connectivity index (χ2n) is 5.54. The molecule has 0 saturated heterocycles. The molecule has 0 saturated carbocycles. The van der Waals surface area contributed by atoms with Gasteiger partial charge in [0, 0.05) is 0 Å². The van der Waals surface area contributed by atoms with E-state index in [1.165, 1.54) is 44.2 Å². The molecule has 0 aliphatic heterocycles. The SMILES string of the molecule is Cc1cc(C(=O)NCC(C)(O)c2ccc(F)cc2)c(Cl)cc1F. The summed E-state index contributed by atoms with van der Waals surface area (Å²) in [5, 5.41) is 13.0. The van der Waals surface area contributed by atoms with Crippen LogP contribution in [-0.2, 0) is 5.60 Å². The molecule has 23 heavy (non-hydrogen) atoms. The van der Waals surface area contributed by atoms with E-state index in [1.54, 1.807) is 0 Å². The summed E-state index contributed by atoms with van der Waals surface area (Å²) in [6.07, 6.45) is 0. The van der Waals surface area contributed by atoms with Crippen LogP contribution in [-0.4, -0.2) is 17.6 Å². The average molecular weight is 340 g/mol. The monoisotopic (exact) mass is 339 g/mol. The van der Waals surface area contributed by atoms with Crippen molar-refractivity contribution in [2.24, 2.45) is 0 Å². The van der Waals surface area contributed by atoms with Crippen LogP contribution in [0.4, 0.5) is 8.78 Å². The summed E-state index contributed by atoms with van der Waals surface area (Å²) >= 11 is 5.88. The first-order valence-corrected chi connectivity index (χ1v) is 7.31. The maximum Gasteiger partial charge on any atom is 0.252 e. The minimum atomic E-state index is -1.38. The van der Waals surface area contributed by atoms with Gasteiger partial charge >= 0.3 is 0 Å². The van der Waals surface area contributed by atoms with Crippen molar-refractivity contribution in [3.8, 4) is 0 Å². The Labute approximate surface area is 137 Å². The molecule has 0 aromatic heterocycles. The second kappa shape index (κ2) is 6.64. The Bertz CT molecular complexity index is 730. The summed E-state index contributed by atoms with van der Waals surface area (Å²) < 4.78 is 26.3. The minimum Gasteiger partial charge on any atom is -0.384 e. The van der Waals surface area contributed by atoms with Gasteiger partial charge in [-0.2, -0.15) is 0 Å². The Kier molecular flexibility index (Phi) is 5.02. The van der Waals surface area contributed by atoms with Gasteiger partial charge in [-0.3, -0.25) is 4.79 Å². The van der Waals surface area contributed by atoms with E-state index in [0.29, 0.717) is 11.1 Å². The van der Waals surface area contributed by atoms with Gasteiger partial charge in [-0.15, -0.1) is 0 Å². The summed E-state index contributed by atoms with van der Waals surface area (Å²) in [4.78, 5) is 12.2. The van der Waals surface area contributed by atoms with Gasteiger partial charge in [0.1, 0.15) is 17.2 Å². The number of amides is 1. The molecule has 0 spiro atoms. The largest absolute Gasteiger partial charge is 0.384 e. The number of nitrogens with one attached hydrogen (secondary N) is 1. The summed E-state index contributed by atoms with van der Waals surface area (Å²) in [5.41, 5.74) is -0.504. The zero-order valence-electron chi connectivity index (χ0n) is 12.7. The van der Waals surface area contributed by atoms with Gasteiger partial charge in [0.15, 0.2) is 0 Å². The standard InChI is InChI=1S/C17H16ClF2NO2/c1-10-7-13(14(18)8-15(10)20)16(22)21-9-17(2,23)11-3-5-12(19)6-4-11/h3-8,23H,9H2,1-2H3,(H,21,22). The number of carbonyl (C=O) groups is 1. The Balaban J connectivity index is 2.12. The van der Waals surface area contributed by atoms with Crippen LogP contribution in [0.3, 0.4) is 0 Å². The highest BCUT2D eigenvalue weighted by Crippen LogP contribution is 2.22. The predicted molar refractivity (Wildman–Crippen MR) is 84.5 cm³/mol. The van der Waals surface area contributed by atoms with Crippen LogP contribution in [0.2, 0.25) is 5.02 Å². The van der Waals surface area contributed by atoms with E-state index >= 15 is 0 Å². The fraction of sp³-hybridized carbons (Fsp3) is 0.235. The summed E-state index contributed by atoms with van der Waals surface area (Å²) in [6, 6.07) is 7.76. The van der Waals surface area contributed by atoms with Gasteiger partial charge in [-0.25, -0.2) is 8.78 Å². The zero-order chi connectivity index (χ0) is 17.2. The number of halogens is 3. The number of hydrogen-bond donors (Lipinski definition) is 2. The van der Waals surface area contributed by atoms with Crippen molar-refractivity contribution in [2.45, 2.75) is 19.4 Å². The maximum atomic E-state index is 13.4. The molecular formula is C17H16ClF2NO2. The number of carbonyl (C=O) groups excluding carboxylic acids is 1. The molecule has 3 nitrogen and oxygen atoms in total. The lowest BCUT2D eigenvalue weighted by atomic mass is 9.96. The Hall–Kier alpha value is -1.98. The van der Waals surface area contributed by atoms with E-state index in [1.807, 2.05) is 0 Å². The summed E-state index contributed by atoms with van der Waals surface area (Å²) in [5.74, 6) is -1.44. The van der Waals surface area contributed by atoms with Gasteiger partial charge in [0.25, 0.3) is 5.91 Å². The highest BCUT2D eigenvalue weighted by Gasteiger charge is 2.24. The molecular weight excluding hydrogens is 324 g/mol. The van der Waals surface area contributed by atoms with Crippen LogP contribution in [0.25, 0.3) is 0 Å². The van der Waals surface area contributed by atoms with E-state index in [-0.39, 0.29) is 17.1 Å². The molecule has 0 fully saturated rings. The third-order valence-corrected chi connectivity index (χ3v) is 3.86. The van der Waals surface area contributed by atoms with Crippen molar-refractivity contribution >= 4 is 17.5 Å². The van der Waals surface area contributed by atoms with Crippen molar-refractivity contribution < 1.29 is 18.7 Å². The van der Waals surface area contributed by atoms with E-state index < -0.39 is 23.1 Å². The predicted octanol–water partition coefficient (Wildman–Crippen LogP) is 3.56. The second-order valence-corrected chi connectivity index (χ2v) is 5.95. The molecule has 2 rings (SSSR count). The molecule has 1 unspecified atom stereocenters. The lowest BCUT2D eigenvalue weighted by Gasteiger charge is -2.24. The average Bonchev–Trinajstić information content (AvgIpc) is 2.49. The van der Waals surface area contributed by atoms with Crippen LogP contribution in [0.5, 0.6) is 0 Å². The number of rotatable bonds is 4. The topological polar surface area (TPSA) is 49.3 Å². The van der Waals surface area contributed by atoms with Crippen LogP contribution in [0.15, 0.2) is 36.4 Å². The van der Waals surface area contributed by atoms with Crippen molar-refractivity contribution in [1.82, 2.24) is 5.32 Å². The molecule has 0 aliphatic rings. The third-order valence-electron chi connectivity index (χ3n) is 3.55. The van der Waals surface area contributed by atoms with Gasteiger partial charge in [0.05, 0.1) is 17.1 Å². The fourth-order valence-corrected chi connectivity index (χ4v) is 2.33. The number of aliphatic hydroxyl groups is 1. The molecule has 0 heterocycles. The molecule has 2 aromatic carbocycles. The quantitative estimate of drug-likeness (QED) is 0.894. The number of benzene rings is 2. The smallest absolute Gasteiger partial charge is 0.252 e. The molecule has 6 heteroatoms. The van der Waals surface area contributed by atoms with E-state index in [0.717, 1.165) is 6.07 Å². The zero-order valence-corrected chi connectivity index (χ0v) is 13.4. The Morgan fingerprint density at radius 3 is 2.48 bits per heavy atom. The van der Waals surface area contributed by atoms with Crippen molar-refractivity contribution in [3.63, 3.8) is 0 Å². The van der Waals surface area contributed by atoms with Crippen LogP contribution >= 0.6 is 11.6 Å². The summed E-state index contributed by atoms with van der Waals surface area (Å²) in [7, 11) is 0. The molecule has 0 bridgehead atoms. The first-order chi connectivity index (χ1) is 10.7. The van der Waals surface area contributed by atoms with Crippen molar-refractivity contribution in [2.75, 3.05) is 6.54 Å². The molecule has 0 aliphatic carbocycles. The Morgan fingerprint density at radius 2 is 1.87 bits per heavy atom. The summed E-state index contributed by atoms with van der Waals surface area (Å²) in [6.45, 7) is 2.92. The first kappa shape index (κ1) is 17.4. The van der Waals surface area contributed by atoms with E-state index in [2.05, 4.69) is 5.32 Å². The molecule has 0 radical (unpaired) electrons.